The normalized spacial score (nSPS) is 19.5. The van der Waals surface area contributed by atoms with Gasteiger partial charge in [0, 0.05) is 49.2 Å². The topological polar surface area (TPSA) is 84.9 Å². The molecule has 6 rings (SSSR count). The Morgan fingerprint density at radius 3 is 2.74 bits per heavy atom. The minimum atomic E-state index is -0.457. The first kappa shape index (κ1) is 21.7. The third-order valence-corrected chi connectivity index (χ3v) is 7.30. The fourth-order valence-corrected chi connectivity index (χ4v) is 5.72. The first-order valence-corrected chi connectivity index (χ1v) is 11.9. The SMILES string of the molecule is COc1cccc(-c2cc3ccc(O)c(CN4CC5CC(C4)c4cccc(=O)n4C5)c3oc2=O)c1. The van der Waals surface area contributed by atoms with Crippen LogP contribution in [0.5, 0.6) is 11.5 Å². The number of pyridine rings is 1. The number of phenols is 1. The van der Waals surface area contributed by atoms with Gasteiger partial charge < -0.3 is 18.8 Å². The van der Waals surface area contributed by atoms with Gasteiger partial charge in [-0.15, -0.1) is 0 Å². The van der Waals surface area contributed by atoms with Crippen molar-refractivity contribution in [1.29, 1.82) is 0 Å². The number of ether oxygens (including phenoxy) is 1. The van der Waals surface area contributed by atoms with E-state index in [4.69, 9.17) is 9.15 Å². The monoisotopic (exact) mass is 470 g/mol. The van der Waals surface area contributed by atoms with Crippen molar-refractivity contribution in [3.05, 3.63) is 92.7 Å². The van der Waals surface area contributed by atoms with Gasteiger partial charge in [0.2, 0.25) is 0 Å². The lowest BCUT2D eigenvalue weighted by atomic mass is 9.83. The molecule has 4 aromatic rings. The van der Waals surface area contributed by atoms with Crippen LogP contribution in [-0.2, 0) is 13.1 Å². The number of phenolic OH excluding ortho intramolecular Hbond substituents is 1. The molecule has 2 atom stereocenters. The number of methoxy groups -OCH3 is 1. The van der Waals surface area contributed by atoms with Crippen molar-refractivity contribution in [2.45, 2.75) is 25.4 Å². The number of aromatic nitrogens is 1. The van der Waals surface area contributed by atoms with Crippen molar-refractivity contribution in [2.75, 3.05) is 20.2 Å². The van der Waals surface area contributed by atoms with Crippen LogP contribution in [0.25, 0.3) is 22.1 Å². The van der Waals surface area contributed by atoms with Crippen molar-refractivity contribution in [1.82, 2.24) is 9.47 Å². The molecule has 0 spiro atoms. The van der Waals surface area contributed by atoms with E-state index in [-0.39, 0.29) is 17.2 Å². The number of rotatable bonds is 4. The van der Waals surface area contributed by atoms with Gasteiger partial charge in [0.15, 0.2) is 0 Å². The van der Waals surface area contributed by atoms with Crippen LogP contribution in [0.1, 0.15) is 23.6 Å². The molecular formula is C28H26N2O5. The maximum atomic E-state index is 13.0. The van der Waals surface area contributed by atoms with Crippen LogP contribution >= 0.6 is 0 Å². The van der Waals surface area contributed by atoms with Crippen LogP contribution in [-0.4, -0.2) is 34.8 Å². The van der Waals surface area contributed by atoms with E-state index in [1.165, 1.54) is 0 Å². The van der Waals surface area contributed by atoms with Crippen molar-refractivity contribution in [3.8, 4) is 22.6 Å². The van der Waals surface area contributed by atoms with Gasteiger partial charge in [0.25, 0.3) is 5.56 Å². The molecule has 1 saturated heterocycles. The van der Waals surface area contributed by atoms with Crippen LogP contribution in [0.4, 0.5) is 0 Å². The van der Waals surface area contributed by atoms with E-state index in [0.29, 0.717) is 47.0 Å². The molecule has 2 aromatic carbocycles. The molecule has 4 heterocycles. The third-order valence-electron chi connectivity index (χ3n) is 7.30. The Morgan fingerprint density at radius 2 is 1.89 bits per heavy atom. The highest BCUT2D eigenvalue weighted by Crippen LogP contribution is 2.37. The zero-order chi connectivity index (χ0) is 24.1. The second kappa shape index (κ2) is 8.43. The molecule has 1 fully saturated rings. The molecule has 2 aliphatic rings. The van der Waals surface area contributed by atoms with Crippen molar-refractivity contribution < 1.29 is 14.3 Å². The summed E-state index contributed by atoms with van der Waals surface area (Å²) in [5, 5.41) is 11.5. The number of fused-ring (bicyclic) bond motifs is 5. The second-order valence-corrected chi connectivity index (χ2v) is 9.55. The van der Waals surface area contributed by atoms with Crippen LogP contribution in [0.15, 0.2) is 74.7 Å². The molecule has 0 saturated carbocycles. The molecule has 0 amide bonds. The van der Waals surface area contributed by atoms with E-state index in [2.05, 4.69) is 4.90 Å². The van der Waals surface area contributed by atoms with Crippen LogP contribution in [0.2, 0.25) is 0 Å². The van der Waals surface area contributed by atoms with E-state index < -0.39 is 5.63 Å². The maximum Gasteiger partial charge on any atom is 0.344 e. The lowest BCUT2D eigenvalue weighted by Gasteiger charge is -2.42. The van der Waals surface area contributed by atoms with E-state index in [0.717, 1.165) is 30.6 Å². The summed E-state index contributed by atoms with van der Waals surface area (Å²) in [5.41, 5.74) is 2.87. The average molecular weight is 471 g/mol. The molecule has 2 aromatic heterocycles. The van der Waals surface area contributed by atoms with Gasteiger partial charge in [-0.25, -0.2) is 4.79 Å². The van der Waals surface area contributed by atoms with Crippen LogP contribution < -0.4 is 15.9 Å². The van der Waals surface area contributed by atoms with Gasteiger partial charge in [0.1, 0.15) is 17.1 Å². The summed E-state index contributed by atoms with van der Waals surface area (Å²) in [4.78, 5) is 27.6. The van der Waals surface area contributed by atoms with Crippen molar-refractivity contribution in [2.24, 2.45) is 5.92 Å². The van der Waals surface area contributed by atoms with Crippen LogP contribution in [0.3, 0.4) is 0 Å². The summed E-state index contributed by atoms with van der Waals surface area (Å²) in [6.07, 6.45) is 1.06. The van der Waals surface area contributed by atoms with E-state index >= 15 is 0 Å². The van der Waals surface area contributed by atoms with Gasteiger partial charge in [-0.05, 0) is 54.3 Å². The van der Waals surface area contributed by atoms with E-state index in [9.17, 15) is 14.7 Å². The predicted molar refractivity (Wildman–Crippen MR) is 133 cm³/mol. The summed E-state index contributed by atoms with van der Waals surface area (Å²) < 4.78 is 13.0. The zero-order valence-corrected chi connectivity index (χ0v) is 19.4. The van der Waals surface area contributed by atoms with Gasteiger partial charge in [-0.3, -0.25) is 9.69 Å². The number of aromatic hydroxyl groups is 1. The largest absolute Gasteiger partial charge is 0.507 e. The number of piperidine rings is 1. The average Bonchev–Trinajstić information content (AvgIpc) is 2.86. The van der Waals surface area contributed by atoms with Gasteiger partial charge in [-0.1, -0.05) is 18.2 Å². The number of hydrogen-bond donors (Lipinski definition) is 1. The van der Waals surface area contributed by atoms with E-state index in [1.807, 2.05) is 41.0 Å². The first-order valence-electron chi connectivity index (χ1n) is 11.9. The fourth-order valence-electron chi connectivity index (χ4n) is 5.72. The molecule has 0 aliphatic carbocycles. The smallest absolute Gasteiger partial charge is 0.344 e. The second-order valence-electron chi connectivity index (χ2n) is 9.55. The molecule has 7 nitrogen and oxygen atoms in total. The minimum Gasteiger partial charge on any atom is -0.507 e. The summed E-state index contributed by atoms with van der Waals surface area (Å²) in [6.45, 7) is 2.78. The Kier molecular flexibility index (Phi) is 5.22. The Morgan fingerprint density at radius 1 is 1.03 bits per heavy atom. The highest BCUT2D eigenvalue weighted by atomic mass is 16.5. The highest BCUT2D eigenvalue weighted by molar-refractivity contribution is 5.85. The van der Waals surface area contributed by atoms with Gasteiger partial charge in [-0.2, -0.15) is 0 Å². The molecule has 35 heavy (non-hydrogen) atoms. The Hall–Kier alpha value is -3.84. The number of benzene rings is 2. The molecule has 2 aliphatic heterocycles. The summed E-state index contributed by atoms with van der Waals surface area (Å²) >= 11 is 0. The lowest BCUT2D eigenvalue weighted by molar-refractivity contribution is 0.113. The standard InChI is InChI=1S/C28H26N2O5/c1-34-21-5-2-4-18(11-21)22-12-19-8-9-25(31)23(27(19)35-28(22)33)16-29-13-17-10-20(15-29)24-6-3-7-26(32)30(24)14-17/h2-9,11-12,17,20,31H,10,13-16H2,1H3. The van der Waals surface area contributed by atoms with E-state index in [1.54, 1.807) is 31.4 Å². The third kappa shape index (κ3) is 3.82. The molecule has 7 heteroatoms. The van der Waals surface area contributed by atoms with Gasteiger partial charge in [0.05, 0.1) is 18.2 Å². The molecule has 178 valence electrons. The van der Waals surface area contributed by atoms with Crippen molar-refractivity contribution >= 4 is 11.0 Å². The Bertz CT molecular complexity index is 1550. The highest BCUT2D eigenvalue weighted by Gasteiger charge is 2.35. The zero-order valence-electron chi connectivity index (χ0n) is 19.4. The summed E-state index contributed by atoms with van der Waals surface area (Å²) in [6, 6.07) is 18.0. The van der Waals surface area contributed by atoms with Crippen LogP contribution in [0, 0.1) is 5.92 Å². The molecular weight excluding hydrogens is 444 g/mol. The Labute approximate surface area is 201 Å². The molecule has 2 bridgehead atoms. The lowest BCUT2D eigenvalue weighted by Crippen LogP contribution is -2.46. The quantitative estimate of drug-likeness (QED) is 0.455. The molecule has 0 radical (unpaired) electrons. The predicted octanol–water partition coefficient (Wildman–Crippen LogP) is 3.96. The minimum absolute atomic E-state index is 0.0611. The fraction of sp³-hybridized carbons (Fsp3) is 0.286. The number of likely N-dealkylation sites (tertiary alicyclic amines) is 1. The first-order chi connectivity index (χ1) is 17.0. The summed E-state index contributed by atoms with van der Waals surface area (Å²) in [5.74, 6) is 1.40. The Balaban J connectivity index is 1.35. The molecule has 1 N–H and O–H groups in total. The maximum absolute atomic E-state index is 13.0. The number of hydrogen-bond acceptors (Lipinski definition) is 6. The molecule has 2 unspecified atom stereocenters. The number of nitrogens with zero attached hydrogens (tertiary/aromatic N) is 2. The van der Waals surface area contributed by atoms with Crippen molar-refractivity contribution in [3.63, 3.8) is 0 Å². The summed E-state index contributed by atoms with van der Waals surface area (Å²) in [7, 11) is 1.59. The van der Waals surface area contributed by atoms with Gasteiger partial charge >= 0.3 is 5.63 Å².